The number of aryl methyl sites for hydroxylation is 1. The average molecular weight is 417 g/mol. The highest BCUT2D eigenvalue weighted by Crippen LogP contribution is 2.31. The Morgan fingerprint density at radius 1 is 1.07 bits per heavy atom. The summed E-state index contributed by atoms with van der Waals surface area (Å²) >= 11 is 0. The Morgan fingerprint density at radius 3 is 2.31 bits per heavy atom. The Kier molecular flexibility index (Phi) is 5.61. The number of rotatable bonds is 4. The summed E-state index contributed by atoms with van der Waals surface area (Å²) in [4.78, 5) is 27.3. The van der Waals surface area contributed by atoms with E-state index >= 15 is 0 Å². The van der Waals surface area contributed by atoms with E-state index < -0.39 is 14.8 Å². The molecule has 0 bridgehead atoms. The Balaban J connectivity index is 1.79. The zero-order valence-electron chi connectivity index (χ0n) is 16.6. The topological polar surface area (TPSA) is 101 Å². The minimum atomic E-state index is -3.54. The summed E-state index contributed by atoms with van der Waals surface area (Å²) < 4.78 is 23.4. The standard InChI is InChI=1S/C20H23N3O5S/c1-14-5-4-6-17(15(14)2)20(24)22-11-9-21(10-12-22)18-8-7-16(29(3,27)28)13-19(18)23(25)26/h4-8,13H,9-12H2,1-3H3. The van der Waals surface area contributed by atoms with Gasteiger partial charge < -0.3 is 9.80 Å². The fraction of sp³-hybridized carbons (Fsp3) is 0.350. The van der Waals surface area contributed by atoms with E-state index in [9.17, 15) is 23.3 Å². The van der Waals surface area contributed by atoms with Gasteiger partial charge in [0.05, 0.1) is 9.82 Å². The Labute approximate surface area is 169 Å². The van der Waals surface area contributed by atoms with Crippen LogP contribution in [0.15, 0.2) is 41.3 Å². The highest BCUT2D eigenvalue weighted by molar-refractivity contribution is 7.90. The Hall–Kier alpha value is -2.94. The van der Waals surface area contributed by atoms with Gasteiger partial charge in [-0.2, -0.15) is 0 Å². The molecular weight excluding hydrogens is 394 g/mol. The van der Waals surface area contributed by atoms with Gasteiger partial charge in [0.1, 0.15) is 5.69 Å². The molecule has 2 aromatic rings. The number of amides is 1. The number of anilines is 1. The van der Waals surface area contributed by atoms with Crippen molar-refractivity contribution >= 4 is 27.1 Å². The number of nitro benzene ring substituents is 1. The monoisotopic (exact) mass is 417 g/mol. The molecule has 1 aliphatic rings. The fourth-order valence-corrected chi connectivity index (χ4v) is 4.09. The maximum Gasteiger partial charge on any atom is 0.293 e. The molecule has 0 N–H and O–H groups in total. The fourth-order valence-electron chi connectivity index (χ4n) is 3.45. The molecule has 0 aromatic heterocycles. The number of carbonyl (C=O) groups excluding carboxylic acids is 1. The molecule has 29 heavy (non-hydrogen) atoms. The van der Waals surface area contributed by atoms with E-state index in [1.165, 1.54) is 12.1 Å². The maximum atomic E-state index is 12.9. The first-order chi connectivity index (χ1) is 13.6. The third-order valence-electron chi connectivity index (χ3n) is 5.31. The van der Waals surface area contributed by atoms with E-state index in [0.717, 1.165) is 23.4 Å². The molecule has 1 saturated heterocycles. The lowest BCUT2D eigenvalue weighted by Crippen LogP contribution is -2.49. The number of hydrogen-bond acceptors (Lipinski definition) is 6. The molecule has 8 nitrogen and oxygen atoms in total. The molecule has 1 fully saturated rings. The second-order valence-electron chi connectivity index (χ2n) is 7.21. The number of sulfone groups is 1. The predicted molar refractivity (Wildman–Crippen MR) is 110 cm³/mol. The number of benzene rings is 2. The van der Waals surface area contributed by atoms with Crippen LogP contribution in [0, 0.1) is 24.0 Å². The molecule has 0 saturated carbocycles. The van der Waals surface area contributed by atoms with E-state index in [2.05, 4.69) is 0 Å². The molecule has 1 heterocycles. The van der Waals surface area contributed by atoms with Gasteiger partial charge in [-0.1, -0.05) is 12.1 Å². The number of nitro groups is 1. The van der Waals surface area contributed by atoms with Crippen molar-refractivity contribution < 1.29 is 18.1 Å². The number of carbonyl (C=O) groups is 1. The summed E-state index contributed by atoms with van der Waals surface area (Å²) in [6.07, 6.45) is 1.02. The molecule has 3 rings (SSSR count). The molecule has 0 atom stereocenters. The molecule has 1 amide bonds. The van der Waals surface area contributed by atoms with Gasteiger partial charge in [0.15, 0.2) is 9.84 Å². The number of nitrogens with zero attached hydrogens (tertiary/aromatic N) is 3. The third kappa shape index (κ3) is 4.24. The van der Waals surface area contributed by atoms with Crippen molar-refractivity contribution in [1.29, 1.82) is 0 Å². The summed E-state index contributed by atoms with van der Waals surface area (Å²) in [6.45, 7) is 5.59. The normalized spacial score (nSPS) is 14.7. The molecule has 1 aliphatic heterocycles. The first-order valence-corrected chi connectivity index (χ1v) is 11.1. The van der Waals surface area contributed by atoms with Crippen molar-refractivity contribution in [2.24, 2.45) is 0 Å². The maximum absolute atomic E-state index is 12.9. The van der Waals surface area contributed by atoms with Crippen LogP contribution >= 0.6 is 0 Å². The average Bonchev–Trinajstić information content (AvgIpc) is 2.68. The lowest BCUT2D eigenvalue weighted by molar-refractivity contribution is -0.384. The minimum Gasteiger partial charge on any atom is -0.362 e. The zero-order valence-corrected chi connectivity index (χ0v) is 17.4. The van der Waals surface area contributed by atoms with Crippen LogP contribution in [0.1, 0.15) is 21.5 Å². The van der Waals surface area contributed by atoms with Gasteiger partial charge in [-0.3, -0.25) is 14.9 Å². The Morgan fingerprint density at radius 2 is 1.72 bits per heavy atom. The van der Waals surface area contributed by atoms with Gasteiger partial charge in [0.25, 0.3) is 11.6 Å². The molecular formula is C20H23N3O5S. The second kappa shape index (κ2) is 7.82. The van der Waals surface area contributed by atoms with Crippen LogP contribution in [0.4, 0.5) is 11.4 Å². The van der Waals surface area contributed by atoms with E-state index in [-0.39, 0.29) is 16.5 Å². The first-order valence-electron chi connectivity index (χ1n) is 9.18. The zero-order chi connectivity index (χ0) is 21.3. The number of piperazine rings is 1. The van der Waals surface area contributed by atoms with Gasteiger partial charge in [-0.05, 0) is 43.2 Å². The van der Waals surface area contributed by atoms with Crippen LogP contribution in [-0.2, 0) is 9.84 Å². The van der Waals surface area contributed by atoms with Crippen molar-refractivity contribution in [1.82, 2.24) is 4.90 Å². The van der Waals surface area contributed by atoms with E-state index in [1.807, 2.05) is 36.9 Å². The summed E-state index contributed by atoms with van der Waals surface area (Å²) in [5.74, 6) is -0.0484. The molecule has 0 radical (unpaired) electrons. The van der Waals surface area contributed by atoms with Gasteiger partial charge in [0.2, 0.25) is 0 Å². The highest BCUT2D eigenvalue weighted by atomic mass is 32.2. The molecule has 0 aliphatic carbocycles. The molecule has 0 spiro atoms. The summed E-state index contributed by atoms with van der Waals surface area (Å²) in [5, 5.41) is 11.5. The van der Waals surface area contributed by atoms with Gasteiger partial charge in [0, 0.05) is 44.1 Å². The van der Waals surface area contributed by atoms with Crippen molar-refractivity contribution in [3.63, 3.8) is 0 Å². The molecule has 154 valence electrons. The van der Waals surface area contributed by atoms with Gasteiger partial charge >= 0.3 is 0 Å². The molecule has 0 unspecified atom stereocenters. The summed E-state index contributed by atoms with van der Waals surface area (Å²) in [7, 11) is -3.54. The Bertz CT molecular complexity index is 1070. The van der Waals surface area contributed by atoms with E-state index in [0.29, 0.717) is 37.4 Å². The van der Waals surface area contributed by atoms with Gasteiger partial charge in [-0.25, -0.2) is 8.42 Å². The largest absolute Gasteiger partial charge is 0.362 e. The lowest BCUT2D eigenvalue weighted by Gasteiger charge is -2.36. The van der Waals surface area contributed by atoms with Crippen LogP contribution < -0.4 is 4.90 Å². The smallest absolute Gasteiger partial charge is 0.293 e. The minimum absolute atomic E-state index is 0.0484. The number of hydrogen-bond donors (Lipinski definition) is 0. The van der Waals surface area contributed by atoms with Crippen molar-refractivity contribution in [2.75, 3.05) is 37.3 Å². The quantitative estimate of drug-likeness (QED) is 0.560. The lowest BCUT2D eigenvalue weighted by atomic mass is 10.0. The molecule has 9 heteroatoms. The summed E-state index contributed by atoms with van der Waals surface area (Å²) in [6, 6.07) is 9.58. The second-order valence-corrected chi connectivity index (χ2v) is 9.22. The van der Waals surface area contributed by atoms with Crippen LogP contribution in [0.3, 0.4) is 0 Å². The van der Waals surface area contributed by atoms with Crippen molar-refractivity contribution in [3.05, 3.63) is 63.2 Å². The molecule has 2 aromatic carbocycles. The summed E-state index contributed by atoms with van der Waals surface area (Å²) in [5.41, 5.74) is 2.79. The van der Waals surface area contributed by atoms with Crippen LogP contribution in [0.25, 0.3) is 0 Å². The van der Waals surface area contributed by atoms with Crippen LogP contribution in [0.5, 0.6) is 0 Å². The van der Waals surface area contributed by atoms with Crippen LogP contribution in [-0.4, -0.2) is 56.6 Å². The predicted octanol–water partition coefficient (Wildman–Crippen LogP) is 2.58. The van der Waals surface area contributed by atoms with Crippen molar-refractivity contribution in [2.45, 2.75) is 18.7 Å². The SMILES string of the molecule is Cc1cccc(C(=O)N2CCN(c3ccc(S(C)(=O)=O)cc3[N+](=O)[O-])CC2)c1C. The van der Waals surface area contributed by atoms with Crippen molar-refractivity contribution in [3.8, 4) is 0 Å². The van der Waals surface area contributed by atoms with Gasteiger partial charge in [-0.15, -0.1) is 0 Å². The van der Waals surface area contributed by atoms with Crippen LogP contribution in [0.2, 0.25) is 0 Å². The third-order valence-corrected chi connectivity index (χ3v) is 6.42. The van der Waals surface area contributed by atoms with E-state index in [1.54, 1.807) is 4.90 Å². The van der Waals surface area contributed by atoms with E-state index in [4.69, 9.17) is 0 Å². The first kappa shape index (κ1) is 20.8. The highest BCUT2D eigenvalue weighted by Gasteiger charge is 2.28.